The highest BCUT2D eigenvalue weighted by molar-refractivity contribution is 5.88. The Hall–Kier alpha value is -3.19. The Labute approximate surface area is 197 Å². The lowest BCUT2D eigenvalue weighted by atomic mass is 9.84. The van der Waals surface area contributed by atoms with E-state index in [1.54, 1.807) is 18.2 Å². The first-order valence-electron chi connectivity index (χ1n) is 11.7. The molecule has 1 atom stereocenters. The van der Waals surface area contributed by atoms with Gasteiger partial charge in [-0.3, -0.25) is 0 Å². The maximum Gasteiger partial charge on any atom is 0.335 e. The van der Waals surface area contributed by atoms with Crippen LogP contribution in [0.1, 0.15) is 35.0 Å². The fourth-order valence-electron chi connectivity index (χ4n) is 5.11. The maximum atomic E-state index is 14.1. The number of aromatic nitrogens is 1. The molecule has 0 radical (unpaired) electrons. The number of carboxylic acid groups (broad SMARTS) is 1. The number of morpholine rings is 1. The molecule has 1 aliphatic carbocycles. The van der Waals surface area contributed by atoms with Gasteiger partial charge in [0.05, 0.1) is 24.5 Å². The van der Waals surface area contributed by atoms with Crippen LogP contribution in [0.4, 0.5) is 14.5 Å². The van der Waals surface area contributed by atoms with Crippen molar-refractivity contribution in [2.75, 3.05) is 31.2 Å². The van der Waals surface area contributed by atoms with E-state index in [2.05, 4.69) is 33.7 Å². The monoisotopic (exact) mass is 466 g/mol. The van der Waals surface area contributed by atoms with Crippen LogP contribution >= 0.6 is 0 Å². The zero-order chi connectivity index (χ0) is 23.9. The zero-order valence-electron chi connectivity index (χ0n) is 19.1. The molecule has 1 fully saturated rings. The van der Waals surface area contributed by atoms with Gasteiger partial charge in [-0.15, -0.1) is 0 Å². The van der Waals surface area contributed by atoms with Crippen molar-refractivity contribution >= 4 is 11.7 Å². The van der Waals surface area contributed by atoms with E-state index >= 15 is 0 Å². The van der Waals surface area contributed by atoms with Crippen molar-refractivity contribution in [3.05, 3.63) is 71.4 Å². The van der Waals surface area contributed by atoms with E-state index in [-0.39, 0.29) is 5.56 Å². The van der Waals surface area contributed by atoms with E-state index in [0.717, 1.165) is 53.9 Å². The van der Waals surface area contributed by atoms with Crippen LogP contribution in [-0.2, 0) is 17.6 Å². The first kappa shape index (κ1) is 22.6. The third kappa shape index (κ3) is 4.32. The summed E-state index contributed by atoms with van der Waals surface area (Å²) >= 11 is 0. The van der Waals surface area contributed by atoms with Crippen molar-refractivity contribution in [3.8, 4) is 16.9 Å². The zero-order valence-corrected chi connectivity index (χ0v) is 19.1. The highest BCUT2D eigenvalue weighted by Gasteiger charge is 2.38. The Morgan fingerprint density at radius 3 is 2.47 bits per heavy atom. The van der Waals surface area contributed by atoms with Crippen molar-refractivity contribution in [2.45, 2.75) is 32.1 Å². The van der Waals surface area contributed by atoms with E-state index in [1.165, 1.54) is 0 Å². The van der Waals surface area contributed by atoms with E-state index < -0.39 is 17.8 Å². The molecule has 1 N–H and O–H groups in total. The molecule has 5 nitrogen and oxygen atoms in total. The summed E-state index contributed by atoms with van der Waals surface area (Å²) in [7, 11) is 0. The van der Waals surface area contributed by atoms with Gasteiger partial charge in [0.1, 0.15) is 0 Å². The number of rotatable bonds is 5. The van der Waals surface area contributed by atoms with Crippen molar-refractivity contribution in [3.63, 3.8) is 0 Å². The van der Waals surface area contributed by atoms with Gasteiger partial charge in [0.25, 0.3) is 0 Å². The van der Waals surface area contributed by atoms with Crippen LogP contribution in [0.2, 0.25) is 0 Å². The smallest absolute Gasteiger partial charge is 0.335 e. The minimum absolute atomic E-state index is 0.197. The van der Waals surface area contributed by atoms with E-state index in [0.29, 0.717) is 32.5 Å². The quantitative estimate of drug-likeness (QED) is 0.544. The van der Waals surface area contributed by atoms with Gasteiger partial charge < -0.3 is 19.3 Å². The summed E-state index contributed by atoms with van der Waals surface area (Å²) in [6.45, 7) is 4.11. The summed E-state index contributed by atoms with van der Waals surface area (Å²) in [4.78, 5) is 13.9. The van der Waals surface area contributed by atoms with Crippen LogP contribution in [0, 0.1) is 5.92 Å². The molecule has 3 aromatic rings. The van der Waals surface area contributed by atoms with Crippen LogP contribution < -0.4 is 4.90 Å². The lowest BCUT2D eigenvalue weighted by molar-refractivity contribution is -0.0446. The van der Waals surface area contributed by atoms with Crippen LogP contribution in [0.25, 0.3) is 16.9 Å². The van der Waals surface area contributed by atoms with Crippen LogP contribution in [0.3, 0.4) is 0 Å². The average molecular weight is 467 g/mol. The third-order valence-electron chi connectivity index (χ3n) is 7.00. The van der Waals surface area contributed by atoms with Crippen LogP contribution in [0.15, 0.2) is 54.6 Å². The minimum Gasteiger partial charge on any atom is -0.478 e. The van der Waals surface area contributed by atoms with E-state index in [1.807, 2.05) is 12.1 Å². The predicted octanol–water partition coefficient (Wildman–Crippen LogP) is 5.44. The lowest BCUT2D eigenvalue weighted by Crippen LogP contribution is -2.36. The second-order valence-electron chi connectivity index (χ2n) is 9.23. The predicted molar refractivity (Wildman–Crippen MR) is 127 cm³/mol. The molecule has 34 heavy (non-hydrogen) atoms. The first-order valence-corrected chi connectivity index (χ1v) is 11.7. The molecule has 0 amide bonds. The summed E-state index contributed by atoms with van der Waals surface area (Å²) in [6.07, 6.45) is 1.23. The number of benzene rings is 2. The first-order chi connectivity index (χ1) is 16.3. The number of halogens is 2. The van der Waals surface area contributed by atoms with E-state index in [9.17, 15) is 18.7 Å². The van der Waals surface area contributed by atoms with Gasteiger partial charge in [0, 0.05) is 36.1 Å². The number of anilines is 1. The lowest BCUT2D eigenvalue weighted by Gasteiger charge is -2.29. The fourth-order valence-corrected chi connectivity index (χ4v) is 5.11. The Morgan fingerprint density at radius 2 is 1.79 bits per heavy atom. The van der Waals surface area contributed by atoms with Gasteiger partial charge in [-0.25, -0.2) is 13.6 Å². The molecule has 1 aromatic heterocycles. The highest BCUT2D eigenvalue weighted by Crippen LogP contribution is 2.40. The number of nitrogens with zero attached hydrogens (tertiary/aromatic N) is 2. The Balaban J connectivity index is 1.58. The molecular formula is C27H28F2N2O3. The van der Waals surface area contributed by atoms with Gasteiger partial charge >= 0.3 is 5.97 Å². The molecule has 7 heteroatoms. The molecular weight excluding hydrogens is 438 g/mol. The van der Waals surface area contributed by atoms with E-state index in [4.69, 9.17) is 4.74 Å². The largest absolute Gasteiger partial charge is 0.478 e. The number of hydrogen-bond acceptors (Lipinski definition) is 3. The van der Waals surface area contributed by atoms with Crippen molar-refractivity contribution < 1.29 is 23.4 Å². The Bertz CT molecular complexity index is 1190. The summed E-state index contributed by atoms with van der Waals surface area (Å²) in [6, 6.07) is 17.1. The van der Waals surface area contributed by atoms with Crippen molar-refractivity contribution in [1.82, 2.24) is 4.57 Å². The molecule has 0 bridgehead atoms. The molecule has 1 aliphatic heterocycles. The average Bonchev–Trinajstić information content (AvgIpc) is 3.23. The van der Waals surface area contributed by atoms with Gasteiger partial charge in [-0.05, 0) is 73.7 Å². The number of carbonyl (C=O) groups is 1. The fraction of sp³-hybridized carbons (Fsp3) is 0.370. The number of ether oxygens (including phenoxy) is 1. The second-order valence-corrected chi connectivity index (χ2v) is 9.23. The van der Waals surface area contributed by atoms with Gasteiger partial charge in [-0.1, -0.05) is 18.2 Å². The van der Waals surface area contributed by atoms with Crippen molar-refractivity contribution in [1.29, 1.82) is 0 Å². The standard InChI is InChI=1S/C27H28F2N2O3/c1-27(28,29)21-7-10-24-20(15-21)17-25(31(24)23-4-2-3-19(16-23)26(32)33)18-5-8-22(9-6-18)30-11-13-34-14-12-30/h2-6,8-9,16-17,21H,7,10-15H2,1H3,(H,32,33). The Morgan fingerprint density at radius 1 is 1.06 bits per heavy atom. The molecule has 178 valence electrons. The number of carboxylic acids is 1. The second kappa shape index (κ2) is 8.87. The third-order valence-corrected chi connectivity index (χ3v) is 7.00. The molecule has 1 unspecified atom stereocenters. The number of hydrogen-bond donors (Lipinski definition) is 1. The Kier molecular flexibility index (Phi) is 5.90. The molecule has 2 aromatic carbocycles. The van der Waals surface area contributed by atoms with Gasteiger partial charge in [0.15, 0.2) is 0 Å². The minimum atomic E-state index is -2.73. The van der Waals surface area contributed by atoms with Gasteiger partial charge in [-0.2, -0.15) is 0 Å². The molecule has 2 heterocycles. The summed E-state index contributed by atoms with van der Waals surface area (Å²) in [5.41, 5.74) is 5.79. The normalized spacial score (nSPS) is 18.6. The summed E-state index contributed by atoms with van der Waals surface area (Å²) in [5, 5.41) is 9.50. The SMILES string of the molecule is CC(F)(F)C1CCc2c(cc(-c3ccc(N4CCOCC4)cc3)n2-c2cccc(C(=O)O)c2)C1. The van der Waals surface area contributed by atoms with Crippen molar-refractivity contribution in [2.24, 2.45) is 5.92 Å². The van der Waals surface area contributed by atoms with Crippen LogP contribution in [0.5, 0.6) is 0 Å². The molecule has 0 spiro atoms. The highest BCUT2D eigenvalue weighted by atomic mass is 19.3. The van der Waals surface area contributed by atoms with Crippen LogP contribution in [-0.4, -0.2) is 47.9 Å². The maximum absolute atomic E-state index is 14.1. The topological polar surface area (TPSA) is 54.7 Å². The molecule has 0 saturated carbocycles. The molecule has 2 aliphatic rings. The number of fused-ring (bicyclic) bond motifs is 1. The van der Waals surface area contributed by atoms with Gasteiger partial charge in [0.2, 0.25) is 5.92 Å². The number of aromatic carboxylic acids is 1. The summed E-state index contributed by atoms with van der Waals surface area (Å²) in [5.74, 6) is -4.43. The summed E-state index contributed by atoms with van der Waals surface area (Å²) < 4.78 is 35.8. The molecule has 5 rings (SSSR count). The number of alkyl halides is 2. The molecule has 1 saturated heterocycles.